The van der Waals surface area contributed by atoms with Crippen molar-refractivity contribution in [3.63, 3.8) is 0 Å². The van der Waals surface area contributed by atoms with Crippen LogP contribution in [0.3, 0.4) is 0 Å². The number of rotatable bonds is 7. The number of carboxylic acid groups (broad SMARTS) is 1. The highest BCUT2D eigenvalue weighted by molar-refractivity contribution is 7.80. The molecule has 2 heterocycles. The monoisotopic (exact) mass is 560 g/mol. The maximum atomic E-state index is 15.8. The van der Waals surface area contributed by atoms with Gasteiger partial charge in [-0.2, -0.15) is 12.6 Å². The average molecular weight is 561 g/mol. The van der Waals surface area contributed by atoms with E-state index in [1.807, 2.05) is 19.1 Å². The molecule has 3 atom stereocenters. The molecule has 0 saturated carbocycles. The number of nitrogens with zero attached hydrogens (tertiary/aromatic N) is 2. The molecule has 0 unspecified atom stereocenters. The summed E-state index contributed by atoms with van der Waals surface area (Å²) in [5.41, 5.74) is -0.526. The highest BCUT2D eigenvalue weighted by atomic mass is 32.1. The van der Waals surface area contributed by atoms with Gasteiger partial charge in [0.25, 0.3) is 0 Å². The Hall–Kier alpha value is -3.24. The molecule has 1 aliphatic rings. The van der Waals surface area contributed by atoms with Gasteiger partial charge in [0.15, 0.2) is 0 Å². The van der Waals surface area contributed by atoms with E-state index in [9.17, 15) is 9.59 Å². The number of ether oxygens (including phenoxy) is 1. The molecule has 1 N–H and O–H groups in total. The van der Waals surface area contributed by atoms with E-state index in [1.54, 1.807) is 24.0 Å². The lowest BCUT2D eigenvalue weighted by Gasteiger charge is -2.43. The number of aliphatic carboxylic acids is 1. The van der Waals surface area contributed by atoms with Crippen LogP contribution in [-0.4, -0.2) is 56.7 Å². The number of carbonyl (C=O) groups excluding carboxylic acids is 1. The normalized spacial score (nSPS) is 18.9. The van der Waals surface area contributed by atoms with Crippen molar-refractivity contribution < 1.29 is 32.6 Å². The fourth-order valence-electron chi connectivity index (χ4n) is 5.22. The van der Waals surface area contributed by atoms with Crippen LogP contribution in [0.1, 0.15) is 56.1 Å². The molecule has 0 saturated heterocycles. The van der Waals surface area contributed by atoms with Crippen LogP contribution in [0.5, 0.6) is 0 Å². The Morgan fingerprint density at radius 1 is 1.23 bits per heavy atom. The SMILES string of the molecule is C[C@@H]1Cc2c(n(C(=O)OC[C@@H](C)S)c3ccccc23)[C@@H](c2c(F)cc(/C=C/C(=O)O)cc2F)N1CC(C)(C)F. The van der Waals surface area contributed by atoms with Crippen LogP contribution in [0.2, 0.25) is 0 Å². The minimum atomic E-state index is -1.72. The van der Waals surface area contributed by atoms with Crippen LogP contribution < -0.4 is 0 Å². The largest absolute Gasteiger partial charge is 0.478 e. The average Bonchev–Trinajstić information content (AvgIpc) is 3.15. The van der Waals surface area contributed by atoms with E-state index < -0.39 is 35.4 Å². The number of para-hydroxylation sites is 1. The Bertz CT molecular complexity index is 1420. The molecule has 0 amide bonds. The first kappa shape index (κ1) is 28.8. The topological polar surface area (TPSA) is 71.8 Å². The summed E-state index contributed by atoms with van der Waals surface area (Å²) >= 11 is 4.28. The van der Waals surface area contributed by atoms with Gasteiger partial charge in [-0.1, -0.05) is 25.1 Å². The molecule has 0 bridgehead atoms. The maximum Gasteiger partial charge on any atom is 0.418 e. The van der Waals surface area contributed by atoms with Gasteiger partial charge >= 0.3 is 12.1 Å². The van der Waals surface area contributed by atoms with E-state index in [2.05, 4.69) is 12.6 Å². The zero-order valence-corrected chi connectivity index (χ0v) is 23.0. The molecule has 0 spiro atoms. The molecule has 0 aliphatic carbocycles. The highest BCUT2D eigenvalue weighted by Crippen LogP contribution is 2.45. The Balaban J connectivity index is 2.01. The first-order valence-electron chi connectivity index (χ1n) is 12.6. The molecule has 3 aromatic rings. The molecule has 39 heavy (non-hydrogen) atoms. The Morgan fingerprint density at radius 3 is 2.46 bits per heavy atom. The van der Waals surface area contributed by atoms with Crippen molar-refractivity contribution in [1.29, 1.82) is 0 Å². The minimum Gasteiger partial charge on any atom is -0.478 e. The number of aromatic nitrogens is 1. The van der Waals surface area contributed by atoms with Crippen LogP contribution in [0.15, 0.2) is 42.5 Å². The molecule has 2 aromatic carbocycles. The molecule has 4 rings (SSSR count). The third-order valence-electron chi connectivity index (χ3n) is 6.66. The van der Waals surface area contributed by atoms with Gasteiger partial charge in [0, 0.05) is 34.9 Å². The minimum absolute atomic E-state index is 0.0127. The first-order chi connectivity index (χ1) is 18.3. The molecule has 0 fully saturated rings. The smallest absolute Gasteiger partial charge is 0.418 e. The molecular weight excluding hydrogens is 529 g/mol. The quantitative estimate of drug-likeness (QED) is 0.258. The predicted octanol–water partition coefficient (Wildman–Crippen LogP) is 6.40. The molecule has 0 radical (unpaired) electrons. The Kier molecular flexibility index (Phi) is 8.18. The van der Waals surface area contributed by atoms with E-state index in [0.717, 1.165) is 35.2 Å². The Morgan fingerprint density at radius 2 is 1.87 bits per heavy atom. The van der Waals surface area contributed by atoms with Crippen LogP contribution in [0, 0.1) is 11.6 Å². The third-order valence-corrected chi connectivity index (χ3v) is 6.81. The van der Waals surface area contributed by atoms with Gasteiger partial charge in [-0.05, 0) is 62.6 Å². The summed E-state index contributed by atoms with van der Waals surface area (Å²) in [4.78, 5) is 26.1. The van der Waals surface area contributed by atoms with E-state index in [0.29, 0.717) is 17.6 Å². The second-order valence-corrected chi connectivity index (χ2v) is 11.4. The first-order valence-corrected chi connectivity index (χ1v) is 13.1. The number of benzene rings is 2. The second-order valence-electron chi connectivity index (χ2n) is 10.6. The number of fused-ring (bicyclic) bond motifs is 3. The lowest BCUT2D eigenvalue weighted by Crippen LogP contribution is -2.49. The van der Waals surface area contributed by atoms with E-state index in [4.69, 9.17) is 9.84 Å². The zero-order chi connectivity index (χ0) is 28.6. The standard InChI is InChI=1S/C29H31F3N2O4S/c1-16-11-20-19-7-5-6-8-23(19)34(28(37)38-14-17(2)39)26(20)27(33(16)15-29(3,4)32)25-21(30)12-18(13-22(25)31)9-10-24(35)36/h5-10,12-13,16-17,27,39H,11,14-15H2,1-4H3,(H,35,36)/b10-9+/t16-,17-,27-/m1/s1. The number of hydrogen-bond acceptors (Lipinski definition) is 5. The van der Waals surface area contributed by atoms with Gasteiger partial charge < -0.3 is 9.84 Å². The molecule has 1 aromatic heterocycles. The van der Waals surface area contributed by atoms with Crippen molar-refractivity contribution in [2.45, 2.75) is 57.1 Å². The summed E-state index contributed by atoms with van der Waals surface area (Å²) in [6, 6.07) is 7.69. The van der Waals surface area contributed by atoms with Crippen molar-refractivity contribution in [1.82, 2.24) is 9.47 Å². The van der Waals surface area contributed by atoms with E-state index in [1.165, 1.54) is 18.4 Å². The Labute approximate surface area is 230 Å². The fourth-order valence-corrected chi connectivity index (χ4v) is 5.29. The van der Waals surface area contributed by atoms with Gasteiger partial charge in [0.1, 0.15) is 23.9 Å². The van der Waals surface area contributed by atoms with Gasteiger partial charge in [-0.25, -0.2) is 27.3 Å². The van der Waals surface area contributed by atoms with E-state index >= 15 is 13.2 Å². The van der Waals surface area contributed by atoms with Crippen LogP contribution in [-0.2, 0) is 16.0 Å². The van der Waals surface area contributed by atoms with Gasteiger partial charge in [0.2, 0.25) is 0 Å². The number of carboxylic acids is 1. The highest BCUT2D eigenvalue weighted by Gasteiger charge is 2.43. The number of thiol groups is 1. The summed E-state index contributed by atoms with van der Waals surface area (Å²) in [6.45, 7) is 6.24. The molecule has 10 heteroatoms. The van der Waals surface area contributed by atoms with Crippen LogP contribution >= 0.6 is 12.6 Å². The summed E-state index contributed by atoms with van der Waals surface area (Å²) < 4.78 is 53.6. The lowest BCUT2D eigenvalue weighted by molar-refractivity contribution is -0.131. The molecule has 1 aliphatic heterocycles. The summed E-state index contributed by atoms with van der Waals surface area (Å²) in [5, 5.41) is 9.41. The maximum absolute atomic E-state index is 15.8. The number of hydrogen-bond donors (Lipinski definition) is 2. The number of alkyl halides is 1. The van der Waals surface area contributed by atoms with Crippen molar-refractivity contribution in [3.8, 4) is 0 Å². The number of halogens is 3. The fraction of sp³-hybridized carbons (Fsp3) is 0.379. The van der Waals surface area contributed by atoms with Gasteiger partial charge in [-0.3, -0.25) is 4.90 Å². The van der Waals surface area contributed by atoms with Gasteiger partial charge in [-0.15, -0.1) is 0 Å². The third kappa shape index (κ3) is 6.01. The van der Waals surface area contributed by atoms with Gasteiger partial charge in [0.05, 0.1) is 17.3 Å². The lowest BCUT2D eigenvalue weighted by atomic mass is 9.86. The van der Waals surface area contributed by atoms with E-state index in [-0.39, 0.29) is 35.6 Å². The van der Waals surface area contributed by atoms with Crippen molar-refractivity contribution in [2.75, 3.05) is 13.2 Å². The molecule has 6 nitrogen and oxygen atoms in total. The number of carbonyl (C=O) groups is 2. The van der Waals surface area contributed by atoms with Crippen molar-refractivity contribution in [3.05, 3.63) is 76.5 Å². The molecule has 208 valence electrons. The summed E-state index contributed by atoms with van der Waals surface area (Å²) in [6.07, 6.45) is 1.55. The van der Waals surface area contributed by atoms with Crippen LogP contribution in [0.4, 0.5) is 18.0 Å². The van der Waals surface area contributed by atoms with Crippen LogP contribution in [0.25, 0.3) is 17.0 Å². The molecular formula is C29H31F3N2O4S. The second kappa shape index (κ2) is 11.1. The summed E-state index contributed by atoms with van der Waals surface area (Å²) in [5.74, 6) is -3.15. The zero-order valence-electron chi connectivity index (χ0n) is 22.1. The summed E-state index contributed by atoms with van der Waals surface area (Å²) in [7, 11) is 0. The predicted molar refractivity (Wildman–Crippen MR) is 147 cm³/mol. The van der Waals surface area contributed by atoms with Crippen molar-refractivity contribution in [2.24, 2.45) is 0 Å². The van der Waals surface area contributed by atoms with Crippen molar-refractivity contribution >= 4 is 41.7 Å².